The lowest BCUT2D eigenvalue weighted by atomic mass is 9.94. The van der Waals surface area contributed by atoms with Crippen LogP contribution in [0.1, 0.15) is 28.9 Å². The van der Waals surface area contributed by atoms with E-state index >= 15 is 0 Å². The Hall–Kier alpha value is -3.65. The molecule has 3 aromatic rings. The predicted molar refractivity (Wildman–Crippen MR) is 108 cm³/mol. The van der Waals surface area contributed by atoms with Crippen molar-refractivity contribution < 1.29 is 14.7 Å². The molecule has 0 saturated heterocycles. The van der Waals surface area contributed by atoms with Crippen molar-refractivity contribution in [3.63, 3.8) is 0 Å². The summed E-state index contributed by atoms with van der Waals surface area (Å²) < 4.78 is 1.59. The molecule has 1 amide bonds. The van der Waals surface area contributed by atoms with Crippen LogP contribution in [0.4, 0.5) is 11.6 Å². The number of anilines is 2. The molecule has 0 fully saturated rings. The number of para-hydroxylation sites is 1. The number of aromatic nitrogens is 3. The van der Waals surface area contributed by atoms with Crippen molar-refractivity contribution >= 4 is 35.1 Å². The SMILES string of the molecule is CC1=C(C(=O)Nc2ccccc2Cl)[C@H](c2ccc(C(=O)O)cc2)n2ncnc2N1. The van der Waals surface area contributed by atoms with Gasteiger partial charge in [-0.2, -0.15) is 10.1 Å². The number of carbonyl (C=O) groups excluding carboxylic acids is 1. The van der Waals surface area contributed by atoms with Gasteiger partial charge in [0.05, 0.1) is 21.8 Å². The second-order valence-electron chi connectivity index (χ2n) is 6.46. The van der Waals surface area contributed by atoms with E-state index in [0.717, 1.165) is 0 Å². The number of hydrogen-bond donors (Lipinski definition) is 3. The van der Waals surface area contributed by atoms with Gasteiger partial charge in [0.1, 0.15) is 12.4 Å². The highest BCUT2D eigenvalue weighted by molar-refractivity contribution is 6.33. The Morgan fingerprint density at radius 1 is 1.17 bits per heavy atom. The van der Waals surface area contributed by atoms with E-state index in [1.165, 1.54) is 18.5 Å². The van der Waals surface area contributed by atoms with E-state index in [0.29, 0.717) is 33.5 Å². The Kier molecular flexibility index (Phi) is 4.77. The van der Waals surface area contributed by atoms with Gasteiger partial charge in [0.25, 0.3) is 5.91 Å². The van der Waals surface area contributed by atoms with Crippen LogP contribution in [0, 0.1) is 0 Å². The van der Waals surface area contributed by atoms with E-state index in [9.17, 15) is 9.59 Å². The summed E-state index contributed by atoms with van der Waals surface area (Å²) in [6.45, 7) is 1.78. The van der Waals surface area contributed by atoms with Gasteiger partial charge in [-0.3, -0.25) is 4.79 Å². The highest BCUT2D eigenvalue weighted by Gasteiger charge is 2.33. The normalized spacial score (nSPS) is 15.4. The first kappa shape index (κ1) is 18.7. The highest BCUT2D eigenvalue weighted by atomic mass is 35.5. The number of benzene rings is 2. The molecule has 29 heavy (non-hydrogen) atoms. The van der Waals surface area contributed by atoms with Gasteiger partial charge < -0.3 is 15.7 Å². The van der Waals surface area contributed by atoms with Gasteiger partial charge >= 0.3 is 5.97 Å². The third-order valence-corrected chi connectivity index (χ3v) is 4.96. The maximum Gasteiger partial charge on any atom is 0.335 e. The van der Waals surface area contributed by atoms with E-state index < -0.39 is 12.0 Å². The fourth-order valence-corrected chi connectivity index (χ4v) is 3.44. The molecule has 8 nitrogen and oxygen atoms in total. The monoisotopic (exact) mass is 409 g/mol. The van der Waals surface area contributed by atoms with Crippen LogP contribution in [0.15, 0.2) is 66.1 Å². The number of carboxylic acids is 1. The van der Waals surface area contributed by atoms with Gasteiger partial charge in [0.15, 0.2) is 0 Å². The van der Waals surface area contributed by atoms with Gasteiger partial charge in [-0.1, -0.05) is 35.9 Å². The zero-order chi connectivity index (χ0) is 20.5. The number of nitrogens with zero attached hydrogens (tertiary/aromatic N) is 3. The van der Waals surface area contributed by atoms with Crippen molar-refractivity contribution in [2.45, 2.75) is 13.0 Å². The van der Waals surface area contributed by atoms with E-state index in [4.69, 9.17) is 16.7 Å². The number of amides is 1. The smallest absolute Gasteiger partial charge is 0.335 e. The van der Waals surface area contributed by atoms with Crippen molar-refractivity contribution in [1.29, 1.82) is 0 Å². The lowest BCUT2D eigenvalue weighted by Crippen LogP contribution is -2.31. The van der Waals surface area contributed by atoms with Gasteiger partial charge in [-0.05, 0) is 36.8 Å². The zero-order valence-corrected chi connectivity index (χ0v) is 16.0. The molecule has 9 heteroatoms. The Bertz CT molecular complexity index is 1140. The number of fused-ring (bicyclic) bond motifs is 1. The summed E-state index contributed by atoms with van der Waals surface area (Å²) in [5.41, 5.74) is 2.38. The largest absolute Gasteiger partial charge is 0.478 e. The lowest BCUT2D eigenvalue weighted by Gasteiger charge is -2.28. The summed E-state index contributed by atoms with van der Waals surface area (Å²) in [6, 6.07) is 12.7. The zero-order valence-electron chi connectivity index (χ0n) is 15.3. The molecule has 0 radical (unpaired) electrons. The van der Waals surface area contributed by atoms with E-state index in [1.54, 1.807) is 48.0 Å². The molecular weight excluding hydrogens is 394 g/mol. The van der Waals surface area contributed by atoms with Crippen molar-refractivity contribution in [1.82, 2.24) is 14.8 Å². The summed E-state index contributed by atoms with van der Waals surface area (Å²) >= 11 is 6.18. The minimum atomic E-state index is -1.02. The maximum absolute atomic E-state index is 13.2. The molecule has 1 aromatic heterocycles. The third-order valence-electron chi connectivity index (χ3n) is 4.63. The van der Waals surface area contributed by atoms with Crippen LogP contribution in [0.3, 0.4) is 0 Å². The van der Waals surface area contributed by atoms with Crippen LogP contribution in [-0.4, -0.2) is 31.7 Å². The first-order valence-corrected chi connectivity index (χ1v) is 9.10. The molecule has 2 heterocycles. The molecule has 0 spiro atoms. The lowest BCUT2D eigenvalue weighted by molar-refractivity contribution is -0.113. The molecule has 1 aliphatic rings. The molecule has 0 aliphatic carbocycles. The standard InChI is InChI=1S/C20H16ClN5O3/c1-11-16(18(27)25-15-5-3-2-4-14(15)21)17(26-20(24-11)22-10-23-26)12-6-8-13(9-7-12)19(28)29/h2-10,17H,1H3,(H,25,27)(H,28,29)(H,22,23,24)/t17-/m0/s1. The summed E-state index contributed by atoms with van der Waals surface area (Å²) in [4.78, 5) is 28.6. The number of allylic oxidation sites excluding steroid dienone is 1. The number of halogens is 1. The molecule has 0 bridgehead atoms. The molecule has 3 N–H and O–H groups in total. The number of carboxylic acid groups (broad SMARTS) is 1. The van der Waals surface area contributed by atoms with Crippen molar-refractivity contribution in [3.05, 3.63) is 82.3 Å². The van der Waals surface area contributed by atoms with Gasteiger partial charge in [0, 0.05) is 5.70 Å². The van der Waals surface area contributed by atoms with E-state index in [1.807, 2.05) is 0 Å². The number of carbonyl (C=O) groups is 2. The van der Waals surface area contributed by atoms with Gasteiger partial charge in [-0.15, -0.1) is 0 Å². The Morgan fingerprint density at radius 3 is 2.59 bits per heavy atom. The van der Waals surface area contributed by atoms with Crippen molar-refractivity contribution in [2.75, 3.05) is 10.6 Å². The number of hydrogen-bond acceptors (Lipinski definition) is 5. The number of aromatic carboxylic acids is 1. The molecule has 2 aromatic carbocycles. The van der Waals surface area contributed by atoms with E-state index in [2.05, 4.69) is 20.7 Å². The van der Waals surface area contributed by atoms with Crippen LogP contribution in [-0.2, 0) is 4.79 Å². The topological polar surface area (TPSA) is 109 Å². The molecule has 146 valence electrons. The summed E-state index contributed by atoms with van der Waals surface area (Å²) in [5.74, 6) is -0.882. The second-order valence-corrected chi connectivity index (χ2v) is 6.86. The Labute approximate surface area is 170 Å². The van der Waals surface area contributed by atoms with Crippen molar-refractivity contribution in [3.8, 4) is 0 Å². The Balaban J connectivity index is 1.76. The third kappa shape index (κ3) is 3.45. The quantitative estimate of drug-likeness (QED) is 0.608. The minimum Gasteiger partial charge on any atom is -0.478 e. The minimum absolute atomic E-state index is 0.157. The molecular formula is C20H16ClN5O3. The Morgan fingerprint density at radius 2 is 1.90 bits per heavy atom. The predicted octanol–water partition coefficient (Wildman–Crippen LogP) is 3.56. The summed E-state index contributed by atoms with van der Waals surface area (Å²) in [5, 5.41) is 19.8. The maximum atomic E-state index is 13.2. The summed E-state index contributed by atoms with van der Waals surface area (Å²) in [7, 11) is 0. The van der Waals surface area contributed by atoms with Crippen LogP contribution < -0.4 is 10.6 Å². The van der Waals surface area contributed by atoms with E-state index in [-0.39, 0.29) is 11.5 Å². The van der Waals surface area contributed by atoms with Crippen LogP contribution in [0.25, 0.3) is 0 Å². The fraction of sp³-hybridized carbons (Fsp3) is 0.100. The summed E-state index contributed by atoms with van der Waals surface area (Å²) in [6.07, 6.45) is 1.39. The number of nitrogens with one attached hydrogen (secondary N) is 2. The highest BCUT2D eigenvalue weighted by Crippen LogP contribution is 2.35. The molecule has 0 unspecified atom stereocenters. The van der Waals surface area contributed by atoms with Gasteiger partial charge in [0.2, 0.25) is 5.95 Å². The molecule has 4 rings (SSSR count). The fourth-order valence-electron chi connectivity index (χ4n) is 3.25. The number of rotatable bonds is 4. The van der Waals surface area contributed by atoms with Crippen LogP contribution in [0.5, 0.6) is 0 Å². The van der Waals surface area contributed by atoms with Gasteiger partial charge in [-0.25, -0.2) is 9.48 Å². The van der Waals surface area contributed by atoms with Crippen molar-refractivity contribution in [2.24, 2.45) is 0 Å². The second kappa shape index (κ2) is 7.40. The average molecular weight is 410 g/mol. The van der Waals surface area contributed by atoms with Crippen LogP contribution in [0.2, 0.25) is 5.02 Å². The van der Waals surface area contributed by atoms with Crippen LogP contribution >= 0.6 is 11.6 Å². The first-order chi connectivity index (χ1) is 14.0. The molecule has 1 atom stereocenters. The average Bonchev–Trinajstić information content (AvgIpc) is 3.16. The molecule has 1 aliphatic heterocycles. The first-order valence-electron chi connectivity index (χ1n) is 8.72. The molecule has 0 saturated carbocycles.